The van der Waals surface area contributed by atoms with E-state index in [1.54, 1.807) is 0 Å². The van der Waals surface area contributed by atoms with E-state index in [9.17, 15) is 4.79 Å². The summed E-state index contributed by atoms with van der Waals surface area (Å²) in [5, 5.41) is 3.33. The zero-order valence-corrected chi connectivity index (χ0v) is 19.7. The number of hydrogen-bond donors (Lipinski definition) is 1. The van der Waals surface area contributed by atoms with E-state index in [0.717, 1.165) is 71.0 Å². The summed E-state index contributed by atoms with van der Waals surface area (Å²) in [5.41, 5.74) is 1.41. The molecule has 2 fully saturated rings. The second-order valence-electron chi connectivity index (χ2n) is 9.00. The minimum absolute atomic E-state index is 0.193. The first kappa shape index (κ1) is 23.6. The molecule has 0 bridgehead atoms. The number of likely N-dealkylation sites (tertiary alicyclic amines) is 2. The van der Waals surface area contributed by atoms with Gasteiger partial charge < -0.3 is 20.0 Å². The zero-order valence-electron chi connectivity index (χ0n) is 19.7. The summed E-state index contributed by atoms with van der Waals surface area (Å²) in [5.74, 6) is 2.42. The van der Waals surface area contributed by atoms with Gasteiger partial charge in [0.05, 0.1) is 6.54 Å². The molecule has 3 rings (SSSR count). The molecule has 1 aromatic carbocycles. The molecule has 31 heavy (non-hydrogen) atoms. The fourth-order valence-electron chi connectivity index (χ4n) is 4.95. The number of amides is 1. The molecule has 1 atom stereocenters. The maximum atomic E-state index is 12.8. The van der Waals surface area contributed by atoms with Gasteiger partial charge >= 0.3 is 0 Å². The third-order valence-corrected chi connectivity index (χ3v) is 6.94. The Bertz CT molecular complexity index is 695. The van der Waals surface area contributed by atoms with Crippen LogP contribution in [0.5, 0.6) is 0 Å². The number of hydrogen-bond acceptors (Lipinski definition) is 3. The summed E-state index contributed by atoms with van der Waals surface area (Å²) in [6, 6.07) is 10.7. The van der Waals surface area contributed by atoms with Crippen molar-refractivity contribution in [2.75, 3.05) is 59.4 Å². The van der Waals surface area contributed by atoms with Gasteiger partial charge in [0.2, 0.25) is 5.91 Å². The van der Waals surface area contributed by atoms with Gasteiger partial charge in [-0.15, -0.1) is 0 Å². The maximum absolute atomic E-state index is 12.8. The third kappa shape index (κ3) is 6.96. The molecule has 0 radical (unpaired) electrons. The number of carbonyl (C=O) groups is 1. The maximum Gasteiger partial charge on any atom is 0.241 e. The summed E-state index contributed by atoms with van der Waals surface area (Å²) in [7, 11) is 1.82. The summed E-state index contributed by atoms with van der Waals surface area (Å²) in [6.45, 7) is 11.9. The van der Waals surface area contributed by atoms with Crippen LogP contribution in [0.2, 0.25) is 0 Å². The largest absolute Gasteiger partial charge is 0.347 e. The van der Waals surface area contributed by atoms with Crippen LogP contribution in [0.4, 0.5) is 0 Å². The topological polar surface area (TPSA) is 51.2 Å². The first-order valence-electron chi connectivity index (χ1n) is 12.1. The van der Waals surface area contributed by atoms with Crippen molar-refractivity contribution in [2.24, 2.45) is 16.8 Å². The van der Waals surface area contributed by atoms with Crippen molar-refractivity contribution in [3.8, 4) is 0 Å². The number of piperidine rings is 1. The smallest absolute Gasteiger partial charge is 0.241 e. The fourth-order valence-corrected chi connectivity index (χ4v) is 4.95. The van der Waals surface area contributed by atoms with Gasteiger partial charge in [0.1, 0.15) is 0 Å². The Morgan fingerprint density at radius 3 is 2.32 bits per heavy atom. The van der Waals surface area contributed by atoms with Crippen molar-refractivity contribution >= 4 is 11.9 Å². The highest BCUT2D eigenvalue weighted by Gasteiger charge is 2.27. The fraction of sp³-hybridized carbons (Fsp3) is 0.680. The number of aliphatic imine (C=N–C) groups is 1. The molecule has 1 amide bonds. The number of rotatable bonds is 8. The molecule has 2 aliphatic heterocycles. The Balaban J connectivity index is 1.39. The van der Waals surface area contributed by atoms with Crippen molar-refractivity contribution in [2.45, 2.75) is 39.5 Å². The van der Waals surface area contributed by atoms with E-state index in [1.807, 2.05) is 11.9 Å². The minimum atomic E-state index is 0.193. The van der Waals surface area contributed by atoms with Gasteiger partial charge in [-0.2, -0.15) is 0 Å². The van der Waals surface area contributed by atoms with E-state index in [4.69, 9.17) is 0 Å². The first-order valence-corrected chi connectivity index (χ1v) is 12.1. The van der Waals surface area contributed by atoms with E-state index in [0.29, 0.717) is 18.4 Å². The minimum Gasteiger partial charge on any atom is -0.347 e. The molecule has 0 aromatic heterocycles. The predicted octanol–water partition coefficient (Wildman–Crippen LogP) is 2.71. The van der Waals surface area contributed by atoms with Crippen LogP contribution in [0.3, 0.4) is 0 Å². The van der Waals surface area contributed by atoms with Crippen molar-refractivity contribution in [1.29, 1.82) is 0 Å². The van der Waals surface area contributed by atoms with Crippen LogP contribution in [0, 0.1) is 11.8 Å². The lowest BCUT2D eigenvalue weighted by atomic mass is 9.90. The molecule has 6 nitrogen and oxygen atoms in total. The normalized spacial score (nSPS) is 20.5. The summed E-state index contributed by atoms with van der Waals surface area (Å²) >= 11 is 0. The van der Waals surface area contributed by atoms with Crippen LogP contribution in [0.1, 0.15) is 38.7 Å². The number of carbonyl (C=O) groups excluding carboxylic acids is 1. The van der Waals surface area contributed by atoms with Crippen molar-refractivity contribution in [3.63, 3.8) is 0 Å². The van der Waals surface area contributed by atoms with Crippen LogP contribution in [0.25, 0.3) is 0 Å². The molecule has 1 aromatic rings. The Morgan fingerprint density at radius 1 is 1.03 bits per heavy atom. The SMILES string of the molecule is CCN(CC)CC1CCN(C(=NC)NCC(=O)N2CCC(Cc3ccccc3)CC2)C1. The van der Waals surface area contributed by atoms with E-state index in [-0.39, 0.29) is 5.91 Å². The molecule has 0 saturated carbocycles. The van der Waals surface area contributed by atoms with Crippen molar-refractivity contribution in [3.05, 3.63) is 35.9 Å². The van der Waals surface area contributed by atoms with Crippen LogP contribution in [0.15, 0.2) is 35.3 Å². The Morgan fingerprint density at radius 2 is 1.68 bits per heavy atom. The quantitative estimate of drug-likeness (QED) is 0.512. The lowest BCUT2D eigenvalue weighted by Crippen LogP contribution is -2.47. The lowest BCUT2D eigenvalue weighted by Gasteiger charge is -2.32. The van der Waals surface area contributed by atoms with E-state index in [2.05, 4.69) is 64.3 Å². The molecular weight excluding hydrogens is 386 g/mol. The first-order chi connectivity index (χ1) is 15.1. The van der Waals surface area contributed by atoms with E-state index < -0.39 is 0 Å². The van der Waals surface area contributed by atoms with Gasteiger partial charge in [0.15, 0.2) is 5.96 Å². The van der Waals surface area contributed by atoms with Crippen LogP contribution in [-0.4, -0.2) is 86.0 Å². The van der Waals surface area contributed by atoms with Crippen molar-refractivity contribution < 1.29 is 4.79 Å². The number of guanidine groups is 1. The second-order valence-corrected chi connectivity index (χ2v) is 9.00. The number of nitrogens with one attached hydrogen (secondary N) is 1. The second kappa shape index (κ2) is 12.1. The number of benzene rings is 1. The molecule has 0 aliphatic carbocycles. The summed E-state index contributed by atoms with van der Waals surface area (Å²) in [4.78, 5) is 24.0. The molecular formula is C25H41N5O. The van der Waals surface area contributed by atoms with Gasteiger partial charge in [0, 0.05) is 39.8 Å². The third-order valence-electron chi connectivity index (χ3n) is 6.94. The monoisotopic (exact) mass is 427 g/mol. The summed E-state index contributed by atoms with van der Waals surface area (Å²) < 4.78 is 0. The molecule has 2 heterocycles. The molecule has 172 valence electrons. The molecule has 6 heteroatoms. The van der Waals surface area contributed by atoms with Gasteiger partial charge in [-0.25, -0.2) is 0 Å². The van der Waals surface area contributed by atoms with Crippen molar-refractivity contribution in [1.82, 2.24) is 20.0 Å². The standard InChI is InChI=1S/C25H41N5O/c1-4-28(5-2)19-23-13-16-30(20-23)25(26-3)27-18-24(31)29-14-11-22(12-15-29)17-21-9-7-6-8-10-21/h6-10,22-23H,4-5,11-20H2,1-3H3,(H,26,27). The average Bonchev–Trinajstić information content (AvgIpc) is 3.27. The lowest BCUT2D eigenvalue weighted by molar-refractivity contribution is -0.131. The van der Waals surface area contributed by atoms with Gasteiger partial charge in [0.25, 0.3) is 0 Å². The summed E-state index contributed by atoms with van der Waals surface area (Å²) in [6.07, 6.45) is 4.50. The highest BCUT2D eigenvalue weighted by atomic mass is 16.2. The molecule has 0 spiro atoms. The van der Waals surface area contributed by atoms with Crippen LogP contribution < -0.4 is 5.32 Å². The van der Waals surface area contributed by atoms with Gasteiger partial charge in [-0.1, -0.05) is 44.2 Å². The Labute approximate surface area is 188 Å². The highest BCUT2D eigenvalue weighted by Crippen LogP contribution is 2.22. The van der Waals surface area contributed by atoms with E-state index >= 15 is 0 Å². The zero-order chi connectivity index (χ0) is 22.1. The van der Waals surface area contributed by atoms with Crippen LogP contribution >= 0.6 is 0 Å². The van der Waals surface area contributed by atoms with Gasteiger partial charge in [-0.3, -0.25) is 9.79 Å². The average molecular weight is 428 g/mol. The predicted molar refractivity (Wildman–Crippen MR) is 128 cm³/mol. The Hall–Kier alpha value is -2.08. The molecule has 1 unspecified atom stereocenters. The number of nitrogens with zero attached hydrogens (tertiary/aromatic N) is 4. The van der Waals surface area contributed by atoms with Gasteiger partial charge in [-0.05, 0) is 56.2 Å². The highest BCUT2D eigenvalue weighted by molar-refractivity contribution is 5.86. The van der Waals surface area contributed by atoms with Crippen LogP contribution in [-0.2, 0) is 11.2 Å². The molecule has 2 aliphatic rings. The molecule has 1 N–H and O–H groups in total. The Kier molecular flexibility index (Phi) is 9.19. The van der Waals surface area contributed by atoms with E-state index in [1.165, 1.54) is 12.0 Å². The molecule has 2 saturated heterocycles.